The number of hydrogen-bond acceptors (Lipinski definition) is 5. The van der Waals surface area contributed by atoms with Gasteiger partial charge in [-0.2, -0.15) is 4.98 Å². The molecule has 9 heteroatoms. The van der Waals surface area contributed by atoms with Crippen molar-refractivity contribution in [3.63, 3.8) is 0 Å². The van der Waals surface area contributed by atoms with Gasteiger partial charge in [0.25, 0.3) is 0 Å². The molecule has 0 radical (unpaired) electrons. The molecule has 3 aromatic rings. The molecule has 0 saturated carbocycles. The molecule has 144 valence electrons. The maximum Gasteiger partial charge on any atom is 0.316 e. The summed E-state index contributed by atoms with van der Waals surface area (Å²) in [6.07, 6.45) is 0. The number of benzene rings is 2. The molecule has 0 spiro atoms. The fourth-order valence-electron chi connectivity index (χ4n) is 3.01. The average molecular weight is 421 g/mol. The zero-order valence-electron chi connectivity index (χ0n) is 14.6. The molecule has 0 unspecified atom stereocenters. The van der Waals surface area contributed by atoms with Crippen molar-refractivity contribution in [2.45, 2.75) is 0 Å². The number of hydrogen-bond donors (Lipinski definition) is 0. The van der Waals surface area contributed by atoms with E-state index in [2.05, 4.69) is 15.0 Å². The largest absolute Gasteiger partial charge is 0.368 e. The topological polar surface area (TPSA) is 62.5 Å². The first-order valence-corrected chi connectivity index (χ1v) is 9.36. The van der Waals surface area contributed by atoms with Crippen molar-refractivity contribution in [1.82, 2.24) is 15.0 Å². The summed E-state index contributed by atoms with van der Waals surface area (Å²) >= 11 is 12.0. The van der Waals surface area contributed by atoms with Crippen LogP contribution in [0.25, 0.3) is 11.4 Å². The number of rotatable bonds is 3. The molecule has 0 atom stereocenters. The molecule has 28 heavy (non-hydrogen) atoms. The van der Waals surface area contributed by atoms with Gasteiger partial charge < -0.3 is 14.3 Å². The third-order valence-corrected chi connectivity index (χ3v) is 5.29. The number of carbonyl (C=O) groups is 1. The number of carbonyl (C=O) groups excluding carboxylic acids is 1. The van der Waals surface area contributed by atoms with Crippen LogP contribution in [0.5, 0.6) is 0 Å². The first kappa shape index (κ1) is 18.7. The summed E-state index contributed by atoms with van der Waals surface area (Å²) in [6, 6.07) is 11.1. The van der Waals surface area contributed by atoms with Crippen LogP contribution in [0, 0.1) is 5.82 Å². The van der Waals surface area contributed by atoms with Crippen molar-refractivity contribution in [3.8, 4) is 11.4 Å². The summed E-state index contributed by atoms with van der Waals surface area (Å²) in [7, 11) is 0. The van der Waals surface area contributed by atoms with Crippen molar-refractivity contribution < 1.29 is 13.7 Å². The van der Waals surface area contributed by atoms with E-state index in [4.69, 9.17) is 27.7 Å². The lowest BCUT2D eigenvalue weighted by atomic mass is 10.2. The van der Waals surface area contributed by atoms with Gasteiger partial charge in [-0.25, -0.2) is 4.39 Å². The van der Waals surface area contributed by atoms with E-state index in [-0.39, 0.29) is 23.4 Å². The van der Waals surface area contributed by atoms with Crippen LogP contribution in [-0.2, 0) is 0 Å². The van der Waals surface area contributed by atoms with Crippen LogP contribution in [0.15, 0.2) is 47.0 Å². The van der Waals surface area contributed by atoms with Crippen LogP contribution in [0.3, 0.4) is 0 Å². The maximum absolute atomic E-state index is 13.0. The van der Waals surface area contributed by atoms with Gasteiger partial charge in [-0.3, -0.25) is 4.79 Å². The summed E-state index contributed by atoms with van der Waals surface area (Å²) in [5.41, 5.74) is 1.53. The van der Waals surface area contributed by atoms with Crippen molar-refractivity contribution in [3.05, 3.63) is 64.2 Å². The van der Waals surface area contributed by atoms with Gasteiger partial charge in [0.1, 0.15) is 5.82 Å². The van der Waals surface area contributed by atoms with Crippen molar-refractivity contribution in [2.75, 3.05) is 31.1 Å². The van der Waals surface area contributed by atoms with E-state index in [1.807, 2.05) is 12.1 Å². The summed E-state index contributed by atoms with van der Waals surface area (Å²) in [5.74, 6) is -0.516. The molecule has 0 aliphatic carbocycles. The molecule has 1 aliphatic rings. The second-order valence-corrected chi connectivity index (χ2v) is 7.12. The molecule has 1 aliphatic heterocycles. The Labute approximate surface area is 170 Å². The monoisotopic (exact) mass is 420 g/mol. The second-order valence-electron chi connectivity index (χ2n) is 6.31. The van der Waals surface area contributed by atoms with Gasteiger partial charge in [0, 0.05) is 37.4 Å². The Morgan fingerprint density at radius 2 is 1.71 bits per heavy atom. The predicted octanol–water partition coefficient (Wildman–Crippen LogP) is 4.14. The lowest BCUT2D eigenvalue weighted by Crippen LogP contribution is -2.48. The number of nitrogens with zero attached hydrogens (tertiary/aromatic N) is 4. The van der Waals surface area contributed by atoms with E-state index >= 15 is 0 Å². The van der Waals surface area contributed by atoms with Gasteiger partial charge in [0.2, 0.25) is 5.82 Å². The highest BCUT2D eigenvalue weighted by Crippen LogP contribution is 2.28. The van der Waals surface area contributed by atoms with Crippen LogP contribution in [0.4, 0.5) is 10.1 Å². The molecule has 2 aromatic carbocycles. The number of piperazine rings is 1. The minimum absolute atomic E-state index is 0.0812. The molecule has 0 N–H and O–H groups in total. The van der Waals surface area contributed by atoms with E-state index in [1.165, 1.54) is 24.3 Å². The van der Waals surface area contributed by atoms with Gasteiger partial charge in [0.15, 0.2) is 0 Å². The van der Waals surface area contributed by atoms with E-state index in [0.717, 1.165) is 5.69 Å². The normalized spacial score (nSPS) is 14.4. The average Bonchev–Trinajstić information content (AvgIpc) is 3.20. The van der Waals surface area contributed by atoms with Gasteiger partial charge in [-0.15, -0.1) is 0 Å². The molecular weight excluding hydrogens is 406 g/mol. The Balaban J connectivity index is 1.41. The minimum atomic E-state index is -0.358. The van der Waals surface area contributed by atoms with Gasteiger partial charge in [-0.05, 0) is 42.5 Å². The van der Waals surface area contributed by atoms with Gasteiger partial charge in [-0.1, -0.05) is 28.4 Å². The fourth-order valence-corrected chi connectivity index (χ4v) is 3.30. The van der Waals surface area contributed by atoms with Crippen molar-refractivity contribution in [2.24, 2.45) is 0 Å². The molecule has 4 rings (SSSR count). The molecule has 2 heterocycles. The lowest BCUT2D eigenvalue weighted by molar-refractivity contribution is 0.0696. The van der Waals surface area contributed by atoms with E-state index in [0.29, 0.717) is 41.8 Å². The predicted molar refractivity (Wildman–Crippen MR) is 104 cm³/mol. The first-order valence-electron chi connectivity index (χ1n) is 8.60. The standard InChI is InChI=1S/C19H15Cl2FN4O2/c20-15-6-5-14(11-16(15)21)25-7-9-26(10-8-25)19(27)18-23-17(24-28-18)12-1-3-13(22)4-2-12/h1-6,11H,7-10H2. The van der Waals surface area contributed by atoms with Crippen LogP contribution < -0.4 is 4.90 Å². The first-order chi connectivity index (χ1) is 13.5. The van der Waals surface area contributed by atoms with Crippen molar-refractivity contribution in [1.29, 1.82) is 0 Å². The molecule has 1 aromatic heterocycles. The number of amides is 1. The van der Waals surface area contributed by atoms with Crippen LogP contribution in [0.1, 0.15) is 10.7 Å². The highest BCUT2D eigenvalue weighted by molar-refractivity contribution is 6.42. The highest BCUT2D eigenvalue weighted by Gasteiger charge is 2.26. The van der Waals surface area contributed by atoms with Crippen LogP contribution in [-0.4, -0.2) is 47.1 Å². The summed E-state index contributed by atoms with van der Waals surface area (Å²) in [4.78, 5) is 20.6. The Bertz CT molecular complexity index is 1000. The lowest BCUT2D eigenvalue weighted by Gasteiger charge is -2.35. The van der Waals surface area contributed by atoms with Gasteiger partial charge >= 0.3 is 11.8 Å². The Kier molecular flexibility index (Phi) is 5.19. The van der Waals surface area contributed by atoms with Crippen LogP contribution in [0.2, 0.25) is 10.0 Å². The van der Waals surface area contributed by atoms with Crippen molar-refractivity contribution >= 4 is 34.8 Å². The maximum atomic E-state index is 13.0. The highest BCUT2D eigenvalue weighted by atomic mass is 35.5. The Hall–Kier alpha value is -2.64. The fraction of sp³-hybridized carbons (Fsp3) is 0.211. The van der Waals surface area contributed by atoms with E-state index in [1.54, 1.807) is 11.0 Å². The van der Waals surface area contributed by atoms with Gasteiger partial charge in [0.05, 0.1) is 10.0 Å². The molecule has 1 saturated heterocycles. The zero-order valence-corrected chi connectivity index (χ0v) is 16.1. The quantitative estimate of drug-likeness (QED) is 0.636. The number of anilines is 1. The number of aromatic nitrogens is 2. The minimum Gasteiger partial charge on any atom is -0.368 e. The third kappa shape index (κ3) is 3.81. The second kappa shape index (κ2) is 7.77. The van der Waals surface area contributed by atoms with Crippen LogP contribution >= 0.6 is 23.2 Å². The number of halogens is 3. The smallest absolute Gasteiger partial charge is 0.316 e. The molecule has 1 amide bonds. The molecule has 6 nitrogen and oxygen atoms in total. The molecule has 0 bridgehead atoms. The Morgan fingerprint density at radius 3 is 2.39 bits per heavy atom. The SMILES string of the molecule is O=C(c1nc(-c2ccc(F)cc2)no1)N1CCN(c2ccc(Cl)c(Cl)c2)CC1. The van der Waals surface area contributed by atoms with E-state index in [9.17, 15) is 9.18 Å². The van der Waals surface area contributed by atoms with E-state index < -0.39 is 0 Å². The summed E-state index contributed by atoms with van der Waals surface area (Å²) in [6.45, 7) is 2.30. The third-order valence-electron chi connectivity index (χ3n) is 4.55. The summed E-state index contributed by atoms with van der Waals surface area (Å²) in [5, 5.41) is 4.82. The molecular formula is C19H15Cl2FN4O2. The zero-order chi connectivity index (χ0) is 19.7. The summed E-state index contributed by atoms with van der Waals surface area (Å²) < 4.78 is 18.1. The molecule has 1 fully saturated rings. The Morgan fingerprint density at radius 1 is 1.00 bits per heavy atom.